The predicted octanol–water partition coefficient (Wildman–Crippen LogP) is 2.19. The van der Waals surface area contributed by atoms with Gasteiger partial charge in [0.25, 0.3) is 0 Å². The average Bonchev–Trinajstić information content (AvgIpc) is 2.58. The maximum absolute atomic E-state index is 11.3. The van der Waals surface area contributed by atoms with Gasteiger partial charge in [-0.05, 0) is 32.4 Å². The summed E-state index contributed by atoms with van der Waals surface area (Å²) in [6.45, 7) is 5.45. The van der Waals surface area contributed by atoms with Crippen molar-refractivity contribution in [3.63, 3.8) is 0 Å². The molecular formula is C12H14N2O4. The van der Waals surface area contributed by atoms with Gasteiger partial charge in [0.15, 0.2) is 5.75 Å². The number of fused-ring (bicyclic) bond motifs is 1. The van der Waals surface area contributed by atoms with Crippen molar-refractivity contribution in [1.29, 1.82) is 0 Å². The normalized spacial score (nSPS) is 10.6. The van der Waals surface area contributed by atoms with Crippen LogP contribution in [0.25, 0.3) is 5.52 Å². The fourth-order valence-corrected chi connectivity index (χ4v) is 1.71. The number of hydrogen-bond donors (Lipinski definition) is 1. The summed E-state index contributed by atoms with van der Waals surface area (Å²) in [5.41, 5.74) is 1.87. The van der Waals surface area contributed by atoms with E-state index in [1.165, 1.54) is 4.52 Å². The zero-order valence-corrected chi connectivity index (χ0v) is 10.4. The number of aryl methyl sites for hydroxylation is 2. The summed E-state index contributed by atoms with van der Waals surface area (Å²) in [7, 11) is 0. The molecule has 0 amide bonds. The number of hydrogen-bond acceptors (Lipinski definition) is 5. The molecule has 0 bridgehead atoms. The molecule has 0 radical (unpaired) electrons. The number of aromatic hydroxyl groups is 1. The summed E-state index contributed by atoms with van der Waals surface area (Å²) in [6.07, 6.45) is -0.781. The Kier molecular flexibility index (Phi) is 3.10. The molecule has 0 aliphatic heterocycles. The van der Waals surface area contributed by atoms with Gasteiger partial charge in [-0.2, -0.15) is 9.61 Å². The highest BCUT2D eigenvalue weighted by Gasteiger charge is 2.17. The zero-order chi connectivity index (χ0) is 13.3. The quantitative estimate of drug-likeness (QED) is 0.827. The topological polar surface area (TPSA) is 73.1 Å². The van der Waals surface area contributed by atoms with Crippen LogP contribution in [0.1, 0.15) is 18.2 Å². The van der Waals surface area contributed by atoms with Crippen molar-refractivity contribution in [1.82, 2.24) is 9.61 Å². The summed E-state index contributed by atoms with van der Waals surface area (Å²) in [5, 5.41) is 13.9. The van der Waals surface area contributed by atoms with Crippen LogP contribution in [0.4, 0.5) is 4.79 Å². The van der Waals surface area contributed by atoms with Gasteiger partial charge in [0.05, 0.1) is 6.61 Å². The Morgan fingerprint density at radius 3 is 2.83 bits per heavy atom. The van der Waals surface area contributed by atoms with Gasteiger partial charge in [-0.25, -0.2) is 4.79 Å². The number of carbonyl (C=O) groups excluding carboxylic acids is 1. The first-order valence-electron chi connectivity index (χ1n) is 5.56. The molecule has 0 fully saturated rings. The molecule has 96 valence electrons. The summed E-state index contributed by atoms with van der Waals surface area (Å²) < 4.78 is 11.1. The molecule has 0 aliphatic rings. The third-order valence-electron chi connectivity index (χ3n) is 2.43. The van der Waals surface area contributed by atoms with Crippen molar-refractivity contribution < 1.29 is 19.4 Å². The predicted molar refractivity (Wildman–Crippen MR) is 64.0 cm³/mol. The van der Waals surface area contributed by atoms with Gasteiger partial charge in [0.2, 0.25) is 5.88 Å². The molecule has 18 heavy (non-hydrogen) atoms. The molecular weight excluding hydrogens is 236 g/mol. The van der Waals surface area contributed by atoms with E-state index < -0.39 is 6.16 Å². The maximum Gasteiger partial charge on any atom is 0.513 e. The number of rotatable bonds is 2. The lowest BCUT2D eigenvalue weighted by molar-refractivity contribution is 0.104. The smallest absolute Gasteiger partial charge is 0.493 e. The Labute approximate surface area is 104 Å². The Morgan fingerprint density at radius 1 is 1.44 bits per heavy atom. The van der Waals surface area contributed by atoms with E-state index in [0.717, 1.165) is 5.56 Å². The number of aromatic nitrogens is 2. The van der Waals surface area contributed by atoms with Crippen LogP contribution in [0.2, 0.25) is 0 Å². The summed E-state index contributed by atoms with van der Waals surface area (Å²) >= 11 is 0. The Hall–Kier alpha value is -2.24. The first-order valence-corrected chi connectivity index (χ1v) is 5.56. The molecule has 2 aromatic heterocycles. The molecule has 0 atom stereocenters. The first kappa shape index (κ1) is 12.2. The van der Waals surface area contributed by atoms with Crippen LogP contribution in [-0.2, 0) is 4.74 Å². The summed E-state index contributed by atoms with van der Waals surface area (Å²) in [4.78, 5) is 11.3. The fourth-order valence-electron chi connectivity index (χ4n) is 1.71. The second kappa shape index (κ2) is 4.56. The monoisotopic (exact) mass is 250 g/mol. The van der Waals surface area contributed by atoms with E-state index in [2.05, 4.69) is 5.10 Å². The highest BCUT2D eigenvalue weighted by Crippen LogP contribution is 2.28. The van der Waals surface area contributed by atoms with Crippen LogP contribution in [0.15, 0.2) is 12.1 Å². The number of carbonyl (C=O) groups is 1. The highest BCUT2D eigenvalue weighted by molar-refractivity contribution is 5.72. The standard InChI is InChI=1S/C12H14N2O4/c1-4-17-12(16)18-11-8(3)13-14-9(11)5-7(2)6-10(14)15/h5-6,15H,4H2,1-3H3. The lowest BCUT2D eigenvalue weighted by Crippen LogP contribution is -2.10. The van der Waals surface area contributed by atoms with Crippen LogP contribution in [0, 0.1) is 13.8 Å². The molecule has 6 nitrogen and oxygen atoms in total. The van der Waals surface area contributed by atoms with Gasteiger partial charge in [-0.15, -0.1) is 0 Å². The van der Waals surface area contributed by atoms with Crippen LogP contribution < -0.4 is 4.74 Å². The van der Waals surface area contributed by atoms with Crippen molar-refractivity contribution in [2.75, 3.05) is 6.61 Å². The molecule has 0 saturated heterocycles. The molecule has 2 aromatic rings. The minimum absolute atomic E-state index is 0.00758. The highest BCUT2D eigenvalue weighted by atomic mass is 16.7. The fraction of sp³-hybridized carbons (Fsp3) is 0.333. The van der Waals surface area contributed by atoms with E-state index in [0.29, 0.717) is 17.0 Å². The van der Waals surface area contributed by atoms with Crippen molar-refractivity contribution in [3.8, 4) is 11.6 Å². The Morgan fingerprint density at radius 2 is 2.17 bits per heavy atom. The number of pyridine rings is 1. The third-order valence-corrected chi connectivity index (χ3v) is 2.43. The van der Waals surface area contributed by atoms with E-state index in [1.54, 1.807) is 26.0 Å². The summed E-state index contributed by atoms with van der Waals surface area (Å²) in [6, 6.07) is 3.35. The van der Waals surface area contributed by atoms with Crippen molar-refractivity contribution >= 4 is 11.7 Å². The molecule has 0 unspecified atom stereocenters. The second-order valence-corrected chi connectivity index (χ2v) is 3.89. The minimum Gasteiger partial charge on any atom is -0.493 e. The van der Waals surface area contributed by atoms with Crippen LogP contribution in [0.3, 0.4) is 0 Å². The molecule has 2 rings (SSSR count). The van der Waals surface area contributed by atoms with Gasteiger partial charge in [-0.3, -0.25) is 0 Å². The molecule has 1 N–H and O–H groups in total. The van der Waals surface area contributed by atoms with E-state index in [9.17, 15) is 9.90 Å². The summed E-state index contributed by atoms with van der Waals surface area (Å²) in [5.74, 6) is 0.291. The maximum atomic E-state index is 11.3. The SMILES string of the molecule is CCOC(=O)Oc1c(C)nn2c(O)cc(C)cc12. The van der Waals surface area contributed by atoms with Crippen molar-refractivity contribution in [2.24, 2.45) is 0 Å². The van der Waals surface area contributed by atoms with Gasteiger partial charge < -0.3 is 14.6 Å². The van der Waals surface area contributed by atoms with Gasteiger partial charge in [0.1, 0.15) is 11.2 Å². The van der Waals surface area contributed by atoms with E-state index >= 15 is 0 Å². The van der Waals surface area contributed by atoms with Crippen molar-refractivity contribution in [3.05, 3.63) is 23.4 Å². The van der Waals surface area contributed by atoms with E-state index in [1.807, 2.05) is 6.92 Å². The lowest BCUT2D eigenvalue weighted by Gasteiger charge is -2.04. The van der Waals surface area contributed by atoms with E-state index in [-0.39, 0.29) is 12.5 Å². The Balaban J connectivity index is 2.50. The number of ether oxygens (including phenoxy) is 2. The molecule has 0 aromatic carbocycles. The van der Waals surface area contributed by atoms with Gasteiger partial charge in [0, 0.05) is 6.07 Å². The first-order chi connectivity index (χ1) is 8.52. The molecule has 2 heterocycles. The van der Waals surface area contributed by atoms with Crippen LogP contribution in [0.5, 0.6) is 11.6 Å². The van der Waals surface area contributed by atoms with Gasteiger partial charge >= 0.3 is 6.16 Å². The molecule has 0 aliphatic carbocycles. The third kappa shape index (κ3) is 2.09. The molecule has 6 heteroatoms. The van der Waals surface area contributed by atoms with E-state index in [4.69, 9.17) is 9.47 Å². The van der Waals surface area contributed by atoms with Crippen molar-refractivity contribution in [2.45, 2.75) is 20.8 Å². The Bertz CT molecular complexity index is 604. The largest absolute Gasteiger partial charge is 0.513 e. The second-order valence-electron chi connectivity index (χ2n) is 3.89. The average molecular weight is 250 g/mol. The zero-order valence-electron chi connectivity index (χ0n) is 10.4. The van der Waals surface area contributed by atoms with Crippen LogP contribution >= 0.6 is 0 Å². The number of nitrogens with zero attached hydrogens (tertiary/aromatic N) is 2. The van der Waals surface area contributed by atoms with Gasteiger partial charge in [-0.1, -0.05) is 0 Å². The molecule has 0 saturated carbocycles. The van der Waals surface area contributed by atoms with Crippen LogP contribution in [-0.4, -0.2) is 27.5 Å². The lowest BCUT2D eigenvalue weighted by atomic mass is 10.2. The minimum atomic E-state index is -0.781. The molecule has 0 spiro atoms.